The lowest BCUT2D eigenvalue weighted by atomic mass is 9.98. The van der Waals surface area contributed by atoms with Gasteiger partial charge in [0, 0.05) is 6.20 Å². The second-order valence-electron chi connectivity index (χ2n) is 7.58. The van der Waals surface area contributed by atoms with E-state index in [0.29, 0.717) is 17.9 Å². The first-order valence-electron chi connectivity index (χ1n) is 11.2. The maximum absolute atomic E-state index is 13.0. The van der Waals surface area contributed by atoms with E-state index in [-0.39, 0.29) is 5.57 Å². The van der Waals surface area contributed by atoms with E-state index in [9.17, 15) is 14.9 Å². The molecule has 3 rings (SSSR count). The maximum atomic E-state index is 13.0. The smallest absolute Gasteiger partial charge is 0.340 e. The number of carbonyl (C=O) groups is 2. The van der Waals surface area contributed by atoms with Crippen molar-refractivity contribution in [1.29, 1.82) is 5.26 Å². The molecule has 0 saturated heterocycles. The molecule has 0 unspecified atom stereocenters. The van der Waals surface area contributed by atoms with Crippen molar-refractivity contribution in [2.24, 2.45) is 0 Å². The average Bonchev–Trinajstić information content (AvgIpc) is 2.89. The van der Waals surface area contributed by atoms with Gasteiger partial charge in [-0.05, 0) is 29.7 Å². The van der Waals surface area contributed by atoms with Crippen molar-refractivity contribution in [1.82, 2.24) is 5.32 Å². The van der Waals surface area contributed by atoms with Crippen LogP contribution in [-0.2, 0) is 9.53 Å². The highest BCUT2D eigenvalue weighted by molar-refractivity contribution is 5.99. The highest BCUT2D eigenvalue weighted by Gasteiger charge is 2.19. The van der Waals surface area contributed by atoms with Gasteiger partial charge in [0.25, 0.3) is 5.91 Å². The van der Waals surface area contributed by atoms with Crippen molar-refractivity contribution in [3.05, 3.63) is 113 Å². The Morgan fingerprint density at radius 2 is 1.53 bits per heavy atom. The highest BCUT2D eigenvalue weighted by atomic mass is 16.5. The number of ether oxygens (including phenoxy) is 1. The molecule has 34 heavy (non-hydrogen) atoms. The lowest BCUT2D eigenvalue weighted by molar-refractivity contribution is -0.117. The first-order chi connectivity index (χ1) is 16.6. The Labute approximate surface area is 199 Å². The van der Waals surface area contributed by atoms with Gasteiger partial charge in [0.15, 0.2) is 0 Å². The second kappa shape index (κ2) is 12.6. The third-order valence-electron chi connectivity index (χ3n) is 5.16. The van der Waals surface area contributed by atoms with Crippen LogP contribution in [0.3, 0.4) is 0 Å². The molecule has 0 bridgehead atoms. The van der Waals surface area contributed by atoms with Gasteiger partial charge < -0.3 is 15.4 Å². The van der Waals surface area contributed by atoms with Gasteiger partial charge in [-0.1, -0.05) is 86.1 Å². The van der Waals surface area contributed by atoms with Gasteiger partial charge in [0.1, 0.15) is 11.6 Å². The molecule has 0 atom stereocenters. The molecule has 3 aromatic rings. The van der Waals surface area contributed by atoms with Crippen LogP contribution in [0, 0.1) is 11.3 Å². The Hall–Kier alpha value is -4.37. The largest absolute Gasteiger partial charge is 0.462 e. The molecule has 6 nitrogen and oxygen atoms in total. The van der Waals surface area contributed by atoms with E-state index >= 15 is 0 Å². The number of hydrogen-bond acceptors (Lipinski definition) is 5. The summed E-state index contributed by atoms with van der Waals surface area (Å²) in [5, 5.41) is 15.5. The molecule has 3 aromatic carbocycles. The monoisotopic (exact) mass is 453 g/mol. The van der Waals surface area contributed by atoms with Crippen LogP contribution in [0.2, 0.25) is 0 Å². The highest BCUT2D eigenvalue weighted by Crippen LogP contribution is 2.22. The van der Waals surface area contributed by atoms with Crippen LogP contribution in [0.25, 0.3) is 0 Å². The number of para-hydroxylation sites is 1. The predicted molar refractivity (Wildman–Crippen MR) is 132 cm³/mol. The molecule has 0 heterocycles. The fourth-order valence-electron chi connectivity index (χ4n) is 3.33. The van der Waals surface area contributed by atoms with Gasteiger partial charge in [0.2, 0.25) is 0 Å². The lowest BCUT2D eigenvalue weighted by Crippen LogP contribution is -2.30. The summed E-state index contributed by atoms with van der Waals surface area (Å²) in [5.41, 5.74) is 2.46. The van der Waals surface area contributed by atoms with E-state index in [1.54, 1.807) is 24.3 Å². The third kappa shape index (κ3) is 6.57. The zero-order valence-electron chi connectivity index (χ0n) is 19.0. The Bertz CT molecular complexity index is 1130. The fourth-order valence-corrected chi connectivity index (χ4v) is 3.33. The molecular formula is C28H27N3O3. The summed E-state index contributed by atoms with van der Waals surface area (Å²) in [7, 11) is 0. The van der Waals surface area contributed by atoms with Crippen molar-refractivity contribution in [3.8, 4) is 6.07 Å². The Kier molecular flexibility index (Phi) is 9.00. The molecule has 0 aliphatic heterocycles. The number of rotatable bonds is 10. The van der Waals surface area contributed by atoms with Crippen LogP contribution < -0.4 is 10.6 Å². The number of nitrogens with zero attached hydrogens (tertiary/aromatic N) is 1. The van der Waals surface area contributed by atoms with Crippen LogP contribution >= 0.6 is 0 Å². The number of amides is 1. The van der Waals surface area contributed by atoms with Crippen LogP contribution in [0.5, 0.6) is 0 Å². The molecule has 1 amide bonds. The Morgan fingerprint density at radius 1 is 0.941 bits per heavy atom. The van der Waals surface area contributed by atoms with Crippen molar-refractivity contribution in [2.75, 3.05) is 11.9 Å². The molecule has 2 N–H and O–H groups in total. The molecule has 0 radical (unpaired) electrons. The average molecular weight is 454 g/mol. The molecular weight excluding hydrogens is 426 g/mol. The molecule has 0 fully saturated rings. The topological polar surface area (TPSA) is 91.2 Å². The maximum Gasteiger partial charge on any atom is 0.340 e. The van der Waals surface area contributed by atoms with Crippen LogP contribution in [0.15, 0.2) is 96.7 Å². The summed E-state index contributed by atoms with van der Waals surface area (Å²) < 4.78 is 5.30. The van der Waals surface area contributed by atoms with Crippen LogP contribution in [0.1, 0.15) is 47.3 Å². The number of benzene rings is 3. The Balaban J connectivity index is 1.79. The van der Waals surface area contributed by atoms with Crippen molar-refractivity contribution >= 4 is 17.6 Å². The number of carbonyl (C=O) groups excluding carboxylic acids is 2. The number of hydrogen-bond donors (Lipinski definition) is 2. The molecule has 0 saturated carbocycles. The van der Waals surface area contributed by atoms with E-state index < -0.39 is 17.9 Å². The molecule has 6 heteroatoms. The van der Waals surface area contributed by atoms with E-state index in [4.69, 9.17) is 4.74 Å². The van der Waals surface area contributed by atoms with E-state index in [0.717, 1.165) is 24.0 Å². The summed E-state index contributed by atoms with van der Waals surface area (Å²) >= 11 is 0. The van der Waals surface area contributed by atoms with Crippen molar-refractivity contribution < 1.29 is 14.3 Å². The number of anilines is 1. The minimum Gasteiger partial charge on any atom is -0.462 e. The van der Waals surface area contributed by atoms with Gasteiger partial charge >= 0.3 is 5.97 Å². The number of nitrogens with one attached hydrogen (secondary N) is 2. The van der Waals surface area contributed by atoms with Crippen LogP contribution in [0.4, 0.5) is 5.69 Å². The fraction of sp³-hybridized carbons (Fsp3) is 0.179. The third-order valence-corrected chi connectivity index (χ3v) is 5.16. The van der Waals surface area contributed by atoms with E-state index in [2.05, 4.69) is 10.6 Å². The standard InChI is InChI=1S/C28H27N3O3/c1-2-3-18-34-28(33)24-16-10-11-17-25(24)30-20-23(19-29)27(32)31-26(21-12-6-4-7-13-21)22-14-8-5-9-15-22/h4-17,20,26,30H,2-3,18H2,1H3,(H,31,32)/b23-20-. The zero-order valence-corrected chi connectivity index (χ0v) is 19.0. The van der Waals surface area contributed by atoms with Gasteiger partial charge in [-0.2, -0.15) is 5.26 Å². The van der Waals surface area contributed by atoms with Crippen molar-refractivity contribution in [2.45, 2.75) is 25.8 Å². The van der Waals surface area contributed by atoms with Gasteiger partial charge in [-0.15, -0.1) is 0 Å². The van der Waals surface area contributed by atoms with Gasteiger partial charge in [0.05, 0.1) is 23.9 Å². The van der Waals surface area contributed by atoms with Crippen LogP contribution in [-0.4, -0.2) is 18.5 Å². The number of nitriles is 1. The predicted octanol–water partition coefficient (Wildman–Crippen LogP) is 5.37. The van der Waals surface area contributed by atoms with E-state index in [1.807, 2.05) is 73.7 Å². The summed E-state index contributed by atoms with van der Waals surface area (Å²) in [6.07, 6.45) is 3.01. The molecule has 0 spiro atoms. The molecule has 172 valence electrons. The summed E-state index contributed by atoms with van der Waals surface area (Å²) in [5.74, 6) is -0.989. The summed E-state index contributed by atoms with van der Waals surface area (Å²) in [6, 6.07) is 27.4. The van der Waals surface area contributed by atoms with E-state index in [1.165, 1.54) is 6.20 Å². The minimum atomic E-state index is -0.532. The molecule has 0 aliphatic rings. The first kappa shape index (κ1) is 24.3. The number of unbranched alkanes of at least 4 members (excludes halogenated alkanes) is 1. The lowest BCUT2D eigenvalue weighted by Gasteiger charge is -2.19. The summed E-state index contributed by atoms with van der Waals surface area (Å²) in [4.78, 5) is 25.4. The molecule has 0 aromatic heterocycles. The zero-order chi connectivity index (χ0) is 24.2. The first-order valence-corrected chi connectivity index (χ1v) is 11.2. The normalized spacial score (nSPS) is 10.9. The quantitative estimate of drug-likeness (QED) is 0.186. The number of esters is 1. The SMILES string of the molecule is CCCCOC(=O)c1ccccc1N/C=C(/C#N)C(=O)NC(c1ccccc1)c1ccccc1. The summed E-state index contributed by atoms with van der Waals surface area (Å²) in [6.45, 7) is 2.36. The second-order valence-corrected chi connectivity index (χ2v) is 7.58. The minimum absolute atomic E-state index is 0.119. The van der Waals surface area contributed by atoms with Gasteiger partial charge in [-0.3, -0.25) is 4.79 Å². The Morgan fingerprint density at radius 3 is 2.12 bits per heavy atom. The van der Waals surface area contributed by atoms with Crippen molar-refractivity contribution in [3.63, 3.8) is 0 Å². The molecule has 0 aliphatic carbocycles. The van der Waals surface area contributed by atoms with Gasteiger partial charge in [-0.25, -0.2) is 4.79 Å².